The zero-order valence-electron chi connectivity index (χ0n) is 13.2. The molecular weight excluding hydrogens is 298 g/mol. The van der Waals surface area contributed by atoms with Gasteiger partial charge in [0.15, 0.2) is 5.65 Å². The molecule has 0 spiro atoms. The zero-order valence-corrected chi connectivity index (χ0v) is 14.0. The molecule has 22 heavy (non-hydrogen) atoms. The molecule has 0 bridgehead atoms. The van der Waals surface area contributed by atoms with E-state index in [0.717, 1.165) is 39.9 Å². The number of rotatable bonds is 5. The second kappa shape index (κ2) is 5.98. The summed E-state index contributed by atoms with van der Waals surface area (Å²) in [7, 11) is 5.97. The van der Waals surface area contributed by atoms with Crippen LogP contribution in [-0.2, 0) is 20.1 Å². The number of thiazole rings is 1. The van der Waals surface area contributed by atoms with Crippen LogP contribution in [0.3, 0.4) is 0 Å². The van der Waals surface area contributed by atoms with Crippen molar-refractivity contribution in [2.45, 2.75) is 20.0 Å². The van der Waals surface area contributed by atoms with Crippen LogP contribution in [0, 0.1) is 6.92 Å². The van der Waals surface area contributed by atoms with Gasteiger partial charge in [0.25, 0.3) is 0 Å². The molecule has 1 N–H and O–H groups in total. The SMILES string of the molecule is Cc1nc(NCc2nc(CN(C)C)cs2)c2cnn(C)c2n1. The maximum Gasteiger partial charge on any atom is 0.163 e. The Kier molecular flexibility index (Phi) is 4.04. The van der Waals surface area contributed by atoms with Crippen LogP contribution < -0.4 is 5.32 Å². The van der Waals surface area contributed by atoms with Gasteiger partial charge in [0.05, 0.1) is 23.8 Å². The van der Waals surface area contributed by atoms with E-state index in [1.54, 1.807) is 22.2 Å². The molecule has 0 aliphatic rings. The second-order valence-corrected chi connectivity index (χ2v) is 6.39. The minimum absolute atomic E-state index is 0.651. The minimum atomic E-state index is 0.651. The number of fused-ring (bicyclic) bond motifs is 1. The Hall–Kier alpha value is -2.06. The molecule has 0 saturated heterocycles. The molecule has 3 heterocycles. The lowest BCUT2D eigenvalue weighted by Crippen LogP contribution is -2.11. The van der Waals surface area contributed by atoms with Crippen molar-refractivity contribution in [1.82, 2.24) is 29.6 Å². The summed E-state index contributed by atoms with van der Waals surface area (Å²) in [4.78, 5) is 15.6. The Bertz CT molecular complexity index is 790. The van der Waals surface area contributed by atoms with Crippen molar-refractivity contribution in [2.75, 3.05) is 19.4 Å². The van der Waals surface area contributed by atoms with Gasteiger partial charge in [0, 0.05) is 19.0 Å². The van der Waals surface area contributed by atoms with Crippen molar-refractivity contribution < 1.29 is 0 Å². The van der Waals surface area contributed by atoms with Crippen LogP contribution in [0.1, 0.15) is 16.5 Å². The van der Waals surface area contributed by atoms with Gasteiger partial charge < -0.3 is 10.2 Å². The Morgan fingerprint density at radius 3 is 2.86 bits per heavy atom. The third-order valence-electron chi connectivity index (χ3n) is 3.19. The highest BCUT2D eigenvalue weighted by Gasteiger charge is 2.10. The molecule has 0 aromatic carbocycles. The summed E-state index contributed by atoms with van der Waals surface area (Å²) >= 11 is 1.66. The van der Waals surface area contributed by atoms with Crippen LogP contribution in [0.25, 0.3) is 11.0 Å². The van der Waals surface area contributed by atoms with Gasteiger partial charge >= 0.3 is 0 Å². The van der Waals surface area contributed by atoms with Gasteiger partial charge in [-0.2, -0.15) is 5.10 Å². The van der Waals surface area contributed by atoms with E-state index in [-0.39, 0.29) is 0 Å². The lowest BCUT2D eigenvalue weighted by atomic mass is 10.4. The lowest BCUT2D eigenvalue weighted by molar-refractivity contribution is 0.397. The number of aromatic nitrogens is 5. The molecule has 3 rings (SSSR count). The standard InChI is InChI=1S/C14H19N7S/c1-9-17-13(11-5-16-21(4)14(11)18-9)15-6-12-19-10(8-22-12)7-20(2)3/h5,8H,6-7H2,1-4H3,(H,15,17,18). The fraction of sp³-hybridized carbons (Fsp3) is 0.429. The first-order valence-corrected chi connectivity index (χ1v) is 7.89. The summed E-state index contributed by atoms with van der Waals surface area (Å²) in [6, 6.07) is 0. The van der Waals surface area contributed by atoms with E-state index in [1.807, 2.05) is 28.1 Å². The van der Waals surface area contributed by atoms with E-state index in [1.165, 1.54) is 0 Å². The molecular formula is C14H19N7S. The quantitative estimate of drug-likeness (QED) is 0.774. The van der Waals surface area contributed by atoms with Crippen molar-refractivity contribution in [2.24, 2.45) is 7.05 Å². The first-order chi connectivity index (χ1) is 10.5. The van der Waals surface area contributed by atoms with E-state index >= 15 is 0 Å². The highest BCUT2D eigenvalue weighted by molar-refractivity contribution is 7.09. The first-order valence-electron chi connectivity index (χ1n) is 7.01. The summed E-state index contributed by atoms with van der Waals surface area (Å²) in [5, 5.41) is 11.7. The molecule has 0 saturated carbocycles. The van der Waals surface area contributed by atoms with Gasteiger partial charge in [-0.1, -0.05) is 0 Å². The number of nitrogens with zero attached hydrogens (tertiary/aromatic N) is 6. The third-order valence-corrected chi connectivity index (χ3v) is 4.09. The fourth-order valence-electron chi connectivity index (χ4n) is 2.25. The smallest absolute Gasteiger partial charge is 0.163 e. The average molecular weight is 317 g/mol. The largest absolute Gasteiger partial charge is 0.363 e. The molecule has 7 nitrogen and oxygen atoms in total. The predicted octanol–water partition coefficient (Wildman–Crippen LogP) is 1.80. The maximum atomic E-state index is 4.62. The summed E-state index contributed by atoms with van der Waals surface area (Å²) in [6.07, 6.45) is 1.79. The number of hydrogen-bond acceptors (Lipinski definition) is 7. The van der Waals surface area contributed by atoms with Crippen LogP contribution in [0.5, 0.6) is 0 Å². The second-order valence-electron chi connectivity index (χ2n) is 5.45. The van der Waals surface area contributed by atoms with Crippen LogP contribution in [0.15, 0.2) is 11.6 Å². The fourth-order valence-corrected chi connectivity index (χ4v) is 2.98. The first kappa shape index (κ1) is 14.9. The van der Waals surface area contributed by atoms with Crippen LogP contribution in [0.4, 0.5) is 5.82 Å². The number of anilines is 1. The Labute approximate surface area is 133 Å². The number of nitrogens with one attached hydrogen (secondary N) is 1. The van der Waals surface area contributed by atoms with E-state index in [4.69, 9.17) is 0 Å². The highest BCUT2D eigenvalue weighted by atomic mass is 32.1. The van der Waals surface area contributed by atoms with E-state index in [0.29, 0.717) is 6.54 Å². The van der Waals surface area contributed by atoms with Crippen LogP contribution in [0.2, 0.25) is 0 Å². The molecule has 116 valence electrons. The predicted molar refractivity (Wildman–Crippen MR) is 87.9 cm³/mol. The van der Waals surface area contributed by atoms with Crippen molar-refractivity contribution >= 4 is 28.2 Å². The molecule has 0 fully saturated rings. The van der Waals surface area contributed by atoms with Gasteiger partial charge in [-0.25, -0.2) is 15.0 Å². The Balaban J connectivity index is 1.78. The van der Waals surface area contributed by atoms with Crippen molar-refractivity contribution in [3.05, 3.63) is 28.1 Å². The molecule has 0 aliphatic heterocycles. The normalized spacial score (nSPS) is 11.5. The topological polar surface area (TPSA) is 71.8 Å². The van der Waals surface area contributed by atoms with E-state index in [9.17, 15) is 0 Å². The van der Waals surface area contributed by atoms with Crippen molar-refractivity contribution in [3.8, 4) is 0 Å². The molecule has 0 atom stereocenters. The Morgan fingerprint density at radius 2 is 2.09 bits per heavy atom. The molecule has 0 radical (unpaired) electrons. The summed E-state index contributed by atoms with van der Waals surface area (Å²) in [5.41, 5.74) is 1.93. The molecule has 0 aliphatic carbocycles. The van der Waals surface area contributed by atoms with Gasteiger partial charge in [-0.15, -0.1) is 11.3 Å². The van der Waals surface area contributed by atoms with E-state index in [2.05, 4.69) is 35.6 Å². The monoisotopic (exact) mass is 317 g/mol. The average Bonchev–Trinajstić information content (AvgIpc) is 3.03. The zero-order chi connectivity index (χ0) is 15.7. The van der Waals surface area contributed by atoms with E-state index < -0.39 is 0 Å². The molecule has 3 aromatic rings. The maximum absolute atomic E-state index is 4.62. The molecule has 3 aromatic heterocycles. The van der Waals surface area contributed by atoms with Gasteiger partial charge in [-0.05, 0) is 21.0 Å². The Morgan fingerprint density at radius 1 is 1.27 bits per heavy atom. The number of hydrogen-bond donors (Lipinski definition) is 1. The van der Waals surface area contributed by atoms with Gasteiger partial charge in [0.2, 0.25) is 0 Å². The molecule has 0 amide bonds. The molecule has 8 heteroatoms. The van der Waals surface area contributed by atoms with Crippen LogP contribution >= 0.6 is 11.3 Å². The van der Waals surface area contributed by atoms with Gasteiger partial charge in [0.1, 0.15) is 16.6 Å². The summed E-state index contributed by atoms with van der Waals surface area (Å²) < 4.78 is 1.76. The van der Waals surface area contributed by atoms with Gasteiger partial charge in [-0.3, -0.25) is 4.68 Å². The summed E-state index contributed by atoms with van der Waals surface area (Å²) in [6.45, 7) is 3.39. The van der Waals surface area contributed by atoms with Crippen LogP contribution in [-0.4, -0.2) is 43.7 Å². The minimum Gasteiger partial charge on any atom is -0.363 e. The van der Waals surface area contributed by atoms with Crippen molar-refractivity contribution in [3.63, 3.8) is 0 Å². The highest BCUT2D eigenvalue weighted by Crippen LogP contribution is 2.20. The van der Waals surface area contributed by atoms with Crippen molar-refractivity contribution in [1.29, 1.82) is 0 Å². The third kappa shape index (κ3) is 3.07. The number of aryl methyl sites for hydroxylation is 2. The summed E-state index contributed by atoms with van der Waals surface area (Å²) in [5.74, 6) is 1.53. The lowest BCUT2D eigenvalue weighted by Gasteiger charge is -2.07. The molecule has 0 unspecified atom stereocenters.